The van der Waals surface area contributed by atoms with E-state index in [0.717, 1.165) is 12.0 Å². The maximum Gasteiger partial charge on any atom is 0.329 e. The lowest BCUT2D eigenvalue weighted by Gasteiger charge is -2.42. The number of nitrogens with zero attached hydrogens (tertiary/aromatic N) is 1. The van der Waals surface area contributed by atoms with Crippen molar-refractivity contribution in [1.82, 2.24) is 4.90 Å². The molecule has 3 N–H and O–H groups in total. The van der Waals surface area contributed by atoms with Crippen molar-refractivity contribution in [1.29, 1.82) is 0 Å². The van der Waals surface area contributed by atoms with E-state index in [0.29, 0.717) is 76.2 Å². The number of rotatable bonds is 6. The first-order valence-corrected chi connectivity index (χ1v) is 22.7. The lowest BCUT2D eigenvalue weighted by Crippen LogP contribution is -2.60. The van der Waals surface area contributed by atoms with Gasteiger partial charge in [0, 0.05) is 59.0 Å². The molecule has 0 spiro atoms. The highest BCUT2D eigenvalue weighted by atomic mass is 16.6. The summed E-state index contributed by atoms with van der Waals surface area (Å²) in [4.78, 5) is 70.6. The molecule has 3 heterocycles. The van der Waals surface area contributed by atoms with E-state index in [1.54, 1.807) is 41.1 Å². The van der Waals surface area contributed by atoms with E-state index in [2.05, 4.69) is 0 Å². The van der Waals surface area contributed by atoms with E-state index in [1.807, 2.05) is 37.3 Å². The Morgan fingerprint density at radius 2 is 1.58 bits per heavy atom. The van der Waals surface area contributed by atoms with Gasteiger partial charge in [0.2, 0.25) is 5.79 Å². The molecule has 3 fully saturated rings. The Morgan fingerprint density at radius 1 is 0.823 bits per heavy atom. The topological polar surface area (TPSA) is 195 Å². The minimum absolute atomic E-state index is 0.0947. The van der Waals surface area contributed by atoms with Crippen LogP contribution in [0.3, 0.4) is 0 Å². The summed E-state index contributed by atoms with van der Waals surface area (Å²) in [5.74, 6) is -7.11. The number of carbonyl (C=O) groups excluding carboxylic acids is 5. The molecule has 0 radical (unpaired) electrons. The number of allylic oxidation sites excluding steroid dienone is 6. The highest BCUT2D eigenvalue weighted by Gasteiger charge is 2.53. The second-order valence-electron chi connectivity index (χ2n) is 17.9. The third kappa shape index (κ3) is 13.8. The summed E-state index contributed by atoms with van der Waals surface area (Å²) in [5.41, 5.74) is 1.28. The molecule has 62 heavy (non-hydrogen) atoms. The summed E-state index contributed by atoms with van der Waals surface area (Å²) in [6.07, 6.45) is 12.5. The van der Waals surface area contributed by atoms with Crippen molar-refractivity contribution in [2.75, 3.05) is 27.9 Å². The van der Waals surface area contributed by atoms with Crippen molar-refractivity contribution in [3.63, 3.8) is 0 Å². The summed E-state index contributed by atoms with van der Waals surface area (Å²) in [7, 11) is 4.50. The number of aliphatic hydroxyl groups is 3. The Balaban J connectivity index is 1.64. The number of hydrogen-bond acceptors (Lipinski definition) is 13. The second kappa shape index (κ2) is 24.6. The third-order valence-corrected chi connectivity index (χ3v) is 13.4. The monoisotopic (exact) mass is 872 g/mol. The highest BCUT2D eigenvalue weighted by Crippen LogP contribution is 2.37. The molecule has 348 valence electrons. The van der Waals surface area contributed by atoms with Crippen LogP contribution in [-0.4, -0.2) is 132 Å². The van der Waals surface area contributed by atoms with Crippen molar-refractivity contribution in [3.05, 3.63) is 47.6 Å². The van der Waals surface area contributed by atoms with Crippen LogP contribution in [-0.2, 0) is 47.7 Å². The minimum atomic E-state index is -2.42. The van der Waals surface area contributed by atoms with Crippen LogP contribution in [0, 0.1) is 17.8 Å². The number of carbonyl (C=O) groups is 5. The molecule has 14 heteroatoms. The number of cyclic esters (lactones) is 1. The number of ether oxygens (including phenoxy) is 5. The van der Waals surface area contributed by atoms with Crippen LogP contribution >= 0.6 is 0 Å². The molecule has 1 saturated carbocycles. The van der Waals surface area contributed by atoms with Crippen molar-refractivity contribution in [2.24, 2.45) is 17.8 Å². The first-order valence-electron chi connectivity index (χ1n) is 22.7. The van der Waals surface area contributed by atoms with Gasteiger partial charge in [-0.15, -0.1) is 0 Å². The Morgan fingerprint density at radius 3 is 2.29 bits per heavy atom. The van der Waals surface area contributed by atoms with Crippen LogP contribution in [0.15, 0.2) is 47.6 Å². The summed E-state index contributed by atoms with van der Waals surface area (Å²) < 4.78 is 29.0. The van der Waals surface area contributed by atoms with Gasteiger partial charge in [-0.1, -0.05) is 50.3 Å². The molecular weight excluding hydrogens is 799 g/mol. The zero-order chi connectivity index (χ0) is 45.6. The summed E-state index contributed by atoms with van der Waals surface area (Å²) in [6.45, 7) is 6.99. The van der Waals surface area contributed by atoms with Crippen LogP contribution < -0.4 is 0 Å². The van der Waals surface area contributed by atoms with E-state index >= 15 is 0 Å². The Bertz CT molecular complexity index is 1650. The SMILES string of the molecule is CO[C@H]1C[C@@H]2CC[C@@H](C)[C@@](O)(O2)C(=O)C(=O)N2CCCC[C@H]2C(=O)O[C@H](CC[C@@H]2CC[C@@H](O)[C@H](OC)C2)CC(=O)[C@H](C)/C=C(\C)[C@@H](O)[C@@H](OC)C(=O)CCC/C=C/C=C/C=C/1C. The van der Waals surface area contributed by atoms with Crippen molar-refractivity contribution in [3.8, 4) is 0 Å². The molecular formula is C48H73NO13. The van der Waals surface area contributed by atoms with Gasteiger partial charge in [0.05, 0.1) is 24.4 Å². The summed E-state index contributed by atoms with van der Waals surface area (Å²) in [6, 6.07) is -1.12. The number of methoxy groups -OCH3 is 3. The van der Waals surface area contributed by atoms with E-state index in [-0.39, 0.29) is 49.4 Å². The third-order valence-electron chi connectivity index (χ3n) is 13.4. The van der Waals surface area contributed by atoms with Gasteiger partial charge in [0.15, 0.2) is 5.78 Å². The molecule has 1 aliphatic carbocycles. The molecule has 0 aromatic rings. The number of piperidine rings is 1. The lowest BCUT2D eigenvalue weighted by molar-refractivity contribution is -0.265. The first-order chi connectivity index (χ1) is 29.5. The molecule has 0 aromatic carbocycles. The van der Waals surface area contributed by atoms with Crippen molar-refractivity contribution < 1.29 is 63.0 Å². The molecule has 0 unspecified atom stereocenters. The molecule has 2 saturated heterocycles. The zero-order valence-electron chi connectivity index (χ0n) is 38.0. The van der Waals surface area contributed by atoms with Gasteiger partial charge in [-0.2, -0.15) is 0 Å². The Kier molecular flexibility index (Phi) is 20.4. The predicted octanol–water partition coefficient (Wildman–Crippen LogP) is 5.44. The van der Waals surface area contributed by atoms with Crippen LogP contribution in [0.25, 0.3) is 0 Å². The van der Waals surface area contributed by atoms with Crippen molar-refractivity contribution >= 4 is 29.2 Å². The zero-order valence-corrected chi connectivity index (χ0v) is 38.0. The van der Waals surface area contributed by atoms with E-state index in [9.17, 15) is 39.3 Å². The van der Waals surface area contributed by atoms with Gasteiger partial charge < -0.3 is 43.9 Å². The number of aliphatic hydroxyl groups excluding tert-OH is 2. The molecule has 4 aliphatic rings. The number of ketones is 3. The van der Waals surface area contributed by atoms with Crippen LogP contribution in [0.5, 0.6) is 0 Å². The molecule has 4 rings (SSSR count). The van der Waals surface area contributed by atoms with Gasteiger partial charge in [-0.25, -0.2) is 4.79 Å². The number of hydrogen-bond donors (Lipinski definition) is 3. The average molecular weight is 872 g/mol. The summed E-state index contributed by atoms with van der Waals surface area (Å²) in [5, 5.41) is 33.5. The van der Waals surface area contributed by atoms with Crippen LogP contribution in [0.1, 0.15) is 124 Å². The predicted molar refractivity (Wildman–Crippen MR) is 231 cm³/mol. The maximum atomic E-state index is 14.2. The second-order valence-corrected chi connectivity index (χ2v) is 17.9. The fraction of sp³-hybridized carbons (Fsp3) is 0.729. The maximum absolute atomic E-state index is 14.2. The van der Waals surface area contributed by atoms with E-state index < -0.39 is 77.9 Å². The summed E-state index contributed by atoms with van der Waals surface area (Å²) >= 11 is 0. The number of amides is 1. The van der Waals surface area contributed by atoms with Gasteiger partial charge in [0.25, 0.3) is 11.7 Å². The Hall–Kier alpha value is -3.37. The molecule has 1 amide bonds. The molecule has 12 atom stereocenters. The van der Waals surface area contributed by atoms with Gasteiger partial charge >= 0.3 is 5.97 Å². The van der Waals surface area contributed by atoms with Gasteiger partial charge in [0.1, 0.15) is 30.1 Å². The Labute approximate surface area is 368 Å². The smallest absolute Gasteiger partial charge is 0.329 e. The van der Waals surface area contributed by atoms with Gasteiger partial charge in [-0.05, 0) is 108 Å². The standard InChI is InChI=1S/C48H73NO13/c1-30-16-12-10-8-9-11-13-18-39(51)44(60-7)43(53)32(3)26-31(2)40(52)28-35(23-20-34-21-24-38(50)42(27-34)59-6)61-47(56)37-17-14-15-25-49(37)46(55)45(54)48(57)33(4)19-22-36(62-48)29-41(30)58-5/h8-10,12,16,26,31,33-38,41-44,50,53,57H,11,13-15,17-25,27-29H2,1-7H3/b9-8+,12-10+,30-16+,32-26+/t31-,33-,34-,35-,36+,37+,38-,41+,42-,43-,44+,48-/m1/s1. The highest BCUT2D eigenvalue weighted by molar-refractivity contribution is 6.39. The molecule has 0 aromatic heterocycles. The number of Topliss-reactive ketones (excluding diaryl/α,β-unsaturated/α-hetero) is 3. The quantitative estimate of drug-likeness (QED) is 0.174. The fourth-order valence-corrected chi connectivity index (χ4v) is 9.25. The van der Waals surface area contributed by atoms with Gasteiger partial charge in [-0.3, -0.25) is 19.2 Å². The minimum Gasteiger partial charge on any atom is -0.460 e. The number of esters is 1. The van der Waals surface area contributed by atoms with Crippen LogP contribution in [0.2, 0.25) is 0 Å². The normalized spacial score (nSPS) is 38.8. The lowest BCUT2D eigenvalue weighted by atomic mass is 9.81. The van der Waals surface area contributed by atoms with Crippen molar-refractivity contribution in [2.45, 2.75) is 179 Å². The average Bonchev–Trinajstić information content (AvgIpc) is 3.26. The molecule has 2 bridgehead atoms. The molecule has 14 nitrogen and oxygen atoms in total. The molecule has 3 aliphatic heterocycles. The number of fused-ring (bicyclic) bond motifs is 3. The van der Waals surface area contributed by atoms with E-state index in [1.165, 1.54) is 12.0 Å². The van der Waals surface area contributed by atoms with Crippen LogP contribution in [0.4, 0.5) is 0 Å². The largest absolute Gasteiger partial charge is 0.460 e. The fourth-order valence-electron chi connectivity index (χ4n) is 9.25. The first kappa shape index (κ1) is 51.3. The van der Waals surface area contributed by atoms with E-state index in [4.69, 9.17) is 23.7 Å².